The van der Waals surface area contributed by atoms with Gasteiger partial charge in [0.05, 0.1) is 25.1 Å². The first-order valence-electron chi connectivity index (χ1n) is 7.88. The van der Waals surface area contributed by atoms with Crippen molar-refractivity contribution in [3.8, 4) is 5.75 Å². The van der Waals surface area contributed by atoms with E-state index in [-0.39, 0.29) is 17.1 Å². The van der Waals surface area contributed by atoms with Crippen molar-refractivity contribution < 1.29 is 19.0 Å². The first kappa shape index (κ1) is 16.9. The molecule has 2 aromatic rings. The summed E-state index contributed by atoms with van der Waals surface area (Å²) in [6.45, 7) is 2.49. The number of nitrogens with zero attached hydrogens (tertiary/aromatic N) is 2. The summed E-state index contributed by atoms with van der Waals surface area (Å²) in [5.74, 6) is -0.805. The summed E-state index contributed by atoms with van der Waals surface area (Å²) in [6, 6.07) is 10.7. The Hall–Kier alpha value is -2.93. The van der Waals surface area contributed by atoms with Gasteiger partial charge in [-0.15, -0.1) is 0 Å². The molecular formula is C18H18FN3O3. The van der Waals surface area contributed by atoms with Crippen molar-refractivity contribution in [3.05, 3.63) is 59.4 Å². The molecule has 1 aliphatic heterocycles. The fourth-order valence-corrected chi connectivity index (χ4v) is 2.54. The third-order valence-electron chi connectivity index (χ3n) is 3.81. The number of aromatic hydroxyl groups is 1. The van der Waals surface area contributed by atoms with Gasteiger partial charge in [0, 0.05) is 18.7 Å². The zero-order chi connectivity index (χ0) is 17.6. The molecule has 0 aromatic heterocycles. The number of phenols is 1. The number of halogens is 1. The summed E-state index contributed by atoms with van der Waals surface area (Å²) >= 11 is 0. The average Bonchev–Trinajstić information content (AvgIpc) is 2.62. The van der Waals surface area contributed by atoms with E-state index in [1.54, 1.807) is 24.3 Å². The lowest BCUT2D eigenvalue weighted by molar-refractivity contribution is 0.0954. The van der Waals surface area contributed by atoms with Crippen molar-refractivity contribution in [2.45, 2.75) is 0 Å². The van der Waals surface area contributed by atoms with E-state index in [0.717, 1.165) is 0 Å². The van der Waals surface area contributed by atoms with Crippen LogP contribution in [0.5, 0.6) is 5.75 Å². The van der Waals surface area contributed by atoms with Crippen LogP contribution < -0.4 is 10.3 Å². The largest absolute Gasteiger partial charge is 0.508 e. The zero-order valence-electron chi connectivity index (χ0n) is 13.5. The molecule has 25 heavy (non-hydrogen) atoms. The number of morpholine rings is 1. The van der Waals surface area contributed by atoms with E-state index in [1.165, 1.54) is 24.4 Å². The lowest BCUT2D eigenvalue weighted by Gasteiger charge is -2.29. The standard InChI is InChI=1S/C18H18FN3O3/c19-16-10-13(4-5-17(16)22-6-8-25-9-7-22)12-20-21-18(24)14-2-1-3-15(23)11-14/h1-5,10-12,23H,6-9H2,(H,21,24)/b20-12+. The van der Waals surface area contributed by atoms with E-state index in [9.17, 15) is 14.3 Å². The third kappa shape index (κ3) is 4.33. The molecular weight excluding hydrogens is 325 g/mol. The highest BCUT2D eigenvalue weighted by atomic mass is 19.1. The number of hydrogen-bond acceptors (Lipinski definition) is 5. The molecule has 6 nitrogen and oxygen atoms in total. The molecule has 3 rings (SSSR count). The second-order valence-electron chi connectivity index (χ2n) is 5.56. The Kier molecular flexibility index (Phi) is 5.25. The normalized spacial score (nSPS) is 14.7. The van der Waals surface area contributed by atoms with Crippen LogP contribution in [0.1, 0.15) is 15.9 Å². The molecule has 7 heteroatoms. The number of amides is 1. The van der Waals surface area contributed by atoms with Crippen LogP contribution in [0.2, 0.25) is 0 Å². The smallest absolute Gasteiger partial charge is 0.271 e. The first-order chi connectivity index (χ1) is 12.1. The van der Waals surface area contributed by atoms with Gasteiger partial charge in [0.25, 0.3) is 5.91 Å². The monoisotopic (exact) mass is 343 g/mol. The quantitative estimate of drug-likeness (QED) is 0.659. The number of hydrazone groups is 1. The Labute approximate surface area is 144 Å². The third-order valence-corrected chi connectivity index (χ3v) is 3.81. The van der Waals surface area contributed by atoms with Crippen LogP contribution in [0.3, 0.4) is 0 Å². The molecule has 1 amide bonds. The molecule has 1 fully saturated rings. The minimum atomic E-state index is -0.461. The Morgan fingerprint density at radius 2 is 2.04 bits per heavy atom. The second kappa shape index (κ2) is 7.76. The first-order valence-corrected chi connectivity index (χ1v) is 7.88. The van der Waals surface area contributed by atoms with E-state index in [4.69, 9.17) is 4.74 Å². The van der Waals surface area contributed by atoms with Gasteiger partial charge in [0.1, 0.15) is 11.6 Å². The Morgan fingerprint density at radius 3 is 2.76 bits per heavy atom. The molecule has 1 saturated heterocycles. The van der Waals surface area contributed by atoms with Gasteiger partial charge in [-0.25, -0.2) is 9.82 Å². The number of carbonyl (C=O) groups is 1. The fourth-order valence-electron chi connectivity index (χ4n) is 2.54. The van der Waals surface area contributed by atoms with Gasteiger partial charge in [-0.2, -0.15) is 5.10 Å². The van der Waals surface area contributed by atoms with E-state index in [2.05, 4.69) is 10.5 Å². The number of ether oxygens (including phenoxy) is 1. The average molecular weight is 343 g/mol. The number of carbonyl (C=O) groups excluding carboxylic acids is 1. The summed E-state index contributed by atoms with van der Waals surface area (Å²) in [7, 11) is 0. The molecule has 0 radical (unpaired) electrons. The summed E-state index contributed by atoms with van der Waals surface area (Å²) in [4.78, 5) is 13.8. The van der Waals surface area contributed by atoms with Crippen molar-refractivity contribution in [3.63, 3.8) is 0 Å². The molecule has 0 bridgehead atoms. The fraction of sp³-hybridized carbons (Fsp3) is 0.222. The van der Waals surface area contributed by atoms with Crippen molar-refractivity contribution in [2.75, 3.05) is 31.2 Å². The van der Waals surface area contributed by atoms with Gasteiger partial charge in [-0.3, -0.25) is 4.79 Å². The van der Waals surface area contributed by atoms with Gasteiger partial charge in [0.2, 0.25) is 0 Å². The minimum absolute atomic E-state index is 0.00241. The number of hydrogen-bond donors (Lipinski definition) is 2. The van der Waals surface area contributed by atoms with E-state index in [1.807, 2.05) is 4.90 Å². The van der Waals surface area contributed by atoms with Crippen LogP contribution >= 0.6 is 0 Å². The highest BCUT2D eigenvalue weighted by Crippen LogP contribution is 2.21. The maximum Gasteiger partial charge on any atom is 0.271 e. The van der Waals surface area contributed by atoms with Crippen molar-refractivity contribution in [1.82, 2.24) is 5.43 Å². The number of rotatable bonds is 4. The van der Waals surface area contributed by atoms with Crippen LogP contribution in [0, 0.1) is 5.82 Å². The van der Waals surface area contributed by atoms with Crippen LogP contribution in [-0.4, -0.2) is 43.5 Å². The highest BCUT2D eigenvalue weighted by molar-refractivity contribution is 5.95. The molecule has 0 unspecified atom stereocenters. The minimum Gasteiger partial charge on any atom is -0.508 e. The lowest BCUT2D eigenvalue weighted by Crippen LogP contribution is -2.36. The summed E-state index contributed by atoms with van der Waals surface area (Å²) in [5, 5.41) is 13.2. The van der Waals surface area contributed by atoms with Gasteiger partial charge in [0.15, 0.2) is 0 Å². The summed E-state index contributed by atoms with van der Waals surface area (Å²) < 4.78 is 19.5. The Morgan fingerprint density at radius 1 is 1.24 bits per heavy atom. The maximum atomic E-state index is 14.3. The van der Waals surface area contributed by atoms with Crippen molar-refractivity contribution in [2.24, 2.45) is 5.10 Å². The SMILES string of the molecule is O=C(N/N=C/c1ccc(N2CCOCC2)c(F)c1)c1cccc(O)c1. The molecule has 2 aromatic carbocycles. The van der Waals surface area contributed by atoms with Crippen molar-refractivity contribution in [1.29, 1.82) is 0 Å². The topological polar surface area (TPSA) is 74.2 Å². The molecule has 0 atom stereocenters. The van der Waals surface area contributed by atoms with Gasteiger partial charge >= 0.3 is 0 Å². The van der Waals surface area contributed by atoms with Crippen LogP contribution in [0.15, 0.2) is 47.6 Å². The highest BCUT2D eigenvalue weighted by Gasteiger charge is 2.15. The van der Waals surface area contributed by atoms with Gasteiger partial charge in [-0.05, 0) is 35.9 Å². The molecule has 0 spiro atoms. The molecule has 0 saturated carbocycles. The molecule has 130 valence electrons. The second-order valence-corrected chi connectivity index (χ2v) is 5.56. The molecule has 2 N–H and O–H groups in total. The van der Waals surface area contributed by atoms with E-state index in [0.29, 0.717) is 37.6 Å². The van der Waals surface area contributed by atoms with Crippen LogP contribution in [-0.2, 0) is 4.74 Å². The number of nitrogens with one attached hydrogen (secondary N) is 1. The predicted molar refractivity (Wildman–Crippen MR) is 92.6 cm³/mol. The van der Waals surface area contributed by atoms with Gasteiger partial charge in [-0.1, -0.05) is 12.1 Å². The van der Waals surface area contributed by atoms with Crippen LogP contribution in [0.25, 0.3) is 0 Å². The zero-order valence-corrected chi connectivity index (χ0v) is 13.5. The van der Waals surface area contributed by atoms with E-state index >= 15 is 0 Å². The maximum absolute atomic E-state index is 14.3. The van der Waals surface area contributed by atoms with Gasteiger partial charge < -0.3 is 14.7 Å². The molecule has 1 aliphatic rings. The van der Waals surface area contributed by atoms with Crippen molar-refractivity contribution >= 4 is 17.8 Å². The van der Waals surface area contributed by atoms with E-state index < -0.39 is 5.91 Å². The number of benzene rings is 2. The van der Waals surface area contributed by atoms with Crippen LogP contribution in [0.4, 0.5) is 10.1 Å². The number of phenolic OH excluding ortho intramolecular Hbond substituents is 1. The Bertz CT molecular complexity index is 789. The lowest BCUT2D eigenvalue weighted by atomic mass is 10.2. The number of anilines is 1. The molecule has 1 heterocycles. The molecule has 0 aliphatic carbocycles. The summed E-state index contributed by atoms with van der Waals surface area (Å²) in [5.41, 5.74) is 3.69. The Balaban J connectivity index is 1.63. The predicted octanol–water partition coefficient (Wildman–Crippen LogP) is 2.13. The summed E-state index contributed by atoms with van der Waals surface area (Å²) in [6.07, 6.45) is 1.37.